The van der Waals surface area contributed by atoms with E-state index < -0.39 is 0 Å². The second kappa shape index (κ2) is 7.13. The van der Waals surface area contributed by atoms with Crippen LogP contribution in [0.2, 0.25) is 0 Å². The van der Waals surface area contributed by atoms with Gasteiger partial charge in [0.15, 0.2) is 0 Å². The zero-order chi connectivity index (χ0) is 15.2. The van der Waals surface area contributed by atoms with Gasteiger partial charge in [0.1, 0.15) is 5.75 Å². The molecule has 0 heterocycles. The van der Waals surface area contributed by atoms with Crippen LogP contribution < -0.4 is 15.8 Å². The number of amides is 1. The van der Waals surface area contributed by atoms with Crippen LogP contribution in [-0.2, 0) is 0 Å². The number of hydrogen-bond acceptors (Lipinski definition) is 3. The topological polar surface area (TPSA) is 64.3 Å². The third kappa shape index (κ3) is 4.23. The smallest absolute Gasteiger partial charge is 0.257 e. The lowest BCUT2D eigenvalue weighted by molar-refractivity contribution is 0.102. The number of carbonyl (C=O) groups excluding carboxylic acids is 1. The lowest BCUT2D eigenvalue weighted by Gasteiger charge is -2.09. The molecule has 0 saturated carbocycles. The highest BCUT2D eigenvalue weighted by atomic mass is 79.9. The summed E-state index contributed by atoms with van der Waals surface area (Å²) >= 11 is 3.32. The summed E-state index contributed by atoms with van der Waals surface area (Å²) < 4.78 is 6.34. The van der Waals surface area contributed by atoms with Crippen LogP contribution in [0.4, 0.5) is 11.4 Å². The number of hydrogen-bond donors (Lipinski definition) is 2. The van der Waals surface area contributed by atoms with Crippen molar-refractivity contribution in [2.75, 3.05) is 17.7 Å². The molecular weight excluding hydrogens is 332 g/mol. The monoisotopic (exact) mass is 348 g/mol. The van der Waals surface area contributed by atoms with Crippen LogP contribution in [0, 0.1) is 0 Å². The van der Waals surface area contributed by atoms with Gasteiger partial charge in [-0.3, -0.25) is 4.79 Å². The largest absolute Gasteiger partial charge is 0.494 e. The summed E-state index contributed by atoms with van der Waals surface area (Å²) in [5.41, 5.74) is 7.43. The van der Waals surface area contributed by atoms with Gasteiger partial charge in [-0.25, -0.2) is 0 Å². The first kappa shape index (κ1) is 15.4. The number of ether oxygens (including phenoxy) is 1. The minimum Gasteiger partial charge on any atom is -0.494 e. The molecule has 2 rings (SSSR count). The van der Waals surface area contributed by atoms with Gasteiger partial charge < -0.3 is 15.8 Å². The van der Waals surface area contributed by atoms with Crippen LogP contribution >= 0.6 is 15.9 Å². The molecule has 0 unspecified atom stereocenters. The van der Waals surface area contributed by atoms with Crippen LogP contribution in [0.5, 0.6) is 5.75 Å². The van der Waals surface area contributed by atoms with Crippen molar-refractivity contribution in [2.24, 2.45) is 0 Å². The normalized spacial score (nSPS) is 10.2. The summed E-state index contributed by atoms with van der Waals surface area (Å²) in [5, 5.41) is 2.81. The van der Waals surface area contributed by atoms with Gasteiger partial charge >= 0.3 is 0 Å². The molecular formula is C16H17BrN2O2. The van der Waals surface area contributed by atoms with E-state index in [0.29, 0.717) is 23.5 Å². The van der Waals surface area contributed by atoms with Crippen molar-refractivity contribution in [1.29, 1.82) is 0 Å². The lowest BCUT2D eigenvalue weighted by Crippen LogP contribution is -2.13. The molecule has 2 aromatic rings. The Morgan fingerprint density at radius 1 is 1.24 bits per heavy atom. The molecule has 0 radical (unpaired) electrons. The molecule has 0 fully saturated rings. The Bertz CT molecular complexity index is 627. The molecule has 0 aromatic heterocycles. The maximum atomic E-state index is 12.2. The fourth-order valence-electron chi connectivity index (χ4n) is 1.79. The van der Waals surface area contributed by atoms with Crippen molar-refractivity contribution in [3.05, 3.63) is 52.5 Å². The molecule has 110 valence electrons. The number of nitrogen functional groups attached to an aromatic ring is 1. The average Bonchev–Trinajstić information content (AvgIpc) is 2.46. The van der Waals surface area contributed by atoms with Crippen molar-refractivity contribution in [1.82, 2.24) is 0 Å². The van der Waals surface area contributed by atoms with Crippen LogP contribution in [0.15, 0.2) is 46.9 Å². The van der Waals surface area contributed by atoms with Gasteiger partial charge in [-0.05, 0) is 48.9 Å². The Labute approximate surface area is 132 Å². The number of carbonyl (C=O) groups is 1. The molecule has 4 nitrogen and oxygen atoms in total. The predicted octanol–water partition coefficient (Wildman–Crippen LogP) is 4.07. The van der Waals surface area contributed by atoms with Crippen LogP contribution in [0.3, 0.4) is 0 Å². The van der Waals surface area contributed by atoms with E-state index in [1.807, 2.05) is 12.1 Å². The summed E-state index contributed by atoms with van der Waals surface area (Å²) in [7, 11) is 0. The maximum absolute atomic E-state index is 12.2. The minimum absolute atomic E-state index is 0.234. The Kier molecular flexibility index (Phi) is 5.22. The highest BCUT2D eigenvalue weighted by Gasteiger charge is 2.10. The zero-order valence-electron chi connectivity index (χ0n) is 11.7. The second-order valence-electron chi connectivity index (χ2n) is 4.56. The SMILES string of the molecule is CCCOc1ccc(NC(=O)c2ccc(Br)cc2N)cc1. The third-order valence-electron chi connectivity index (χ3n) is 2.84. The van der Waals surface area contributed by atoms with Gasteiger partial charge in [-0.1, -0.05) is 22.9 Å². The molecule has 0 bridgehead atoms. The minimum atomic E-state index is -0.234. The molecule has 0 atom stereocenters. The first-order chi connectivity index (χ1) is 10.1. The van der Waals surface area contributed by atoms with Gasteiger partial charge in [-0.2, -0.15) is 0 Å². The van der Waals surface area contributed by atoms with Crippen LogP contribution in [0.1, 0.15) is 23.7 Å². The van der Waals surface area contributed by atoms with E-state index in [4.69, 9.17) is 10.5 Å². The molecule has 0 spiro atoms. The van der Waals surface area contributed by atoms with Crippen molar-refractivity contribution < 1.29 is 9.53 Å². The van der Waals surface area contributed by atoms with Gasteiger partial charge in [0.05, 0.1) is 12.2 Å². The first-order valence-electron chi connectivity index (χ1n) is 6.69. The van der Waals surface area contributed by atoms with Crippen molar-refractivity contribution in [3.8, 4) is 5.75 Å². The molecule has 0 aliphatic rings. The molecule has 21 heavy (non-hydrogen) atoms. The highest BCUT2D eigenvalue weighted by Crippen LogP contribution is 2.21. The van der Waals surface area contributed by atoms with E-state index in [1.165, 1.54) is 0 Å². The highest BCUT2D eigenvalue weighted by molar-refractivity contribution is 9.10. The summed E-state index contributed by atoms with van der Waals surface area (Å²) in [6, 6.07) is 12.4. The standard InChI is InChI=1S/C16H17BrN2O2/c1-2-9-21-13-6-4-12(5-7-13)19-16(20)14-8-3-11(17)10-15(14)18/h3-8,10H,2,9,18H2,1H3,(H,19,20). The third-order valence-corrected chi connectivity index (χ3v) is 3.34. The number of benzene rings is 2. The van der Waals surface area contributed by atoms with E-state index in [9.17, 15) is 4.79 Å². The molecule has 0 aliphatic carbocycles. The second-order valence-corrected chi connectivity index (χ2v) is 5.47. The number of halogens is 1. The maximum Gasteiger partial charge on any atom is 0.257 e. The molecule has 1 amide bonds. The van der Waals surface area contributed by atoms with E-state index in [-0.39, 0.29) is 5.91 Å². The fraction of sp³-hybridized carbons (Fsp3) is 0.188. The van der Waals surface area contributed by atoms with Crippen molar-refractivity contribution in [3.63, 3.8) is 0 Å². The molecule has 5 heteroatoms. The fourth-order valence-corrected chi connectivity index (χ4v) is 2.17. The number of nitrogens with one attached hydrogen (secondary N) is 1. The number of anilines is 2. The van der Waals surface area contributed by atoms with E-state index in [1.54, 1.807) is 30.3 Å². The molecule has 3 N–H and O–H groups in total. The summed E-state index contributed by atoms with van der Waals surface area (Å²) in [5.74, 6) is 0.556. The molecule has 2 aromatic carbocycles. The summed E-state index contributed by atoms with van der Waals surface area (Å²) in [4.78, 5) is 12.2. The molecule has 0 saturated heterocycles. The number of nitrogens with two attached hydrogens (primary N) is 1. The van der Waals surface area contributed by atoms with E-state index in [2.05, 4.69) is 28.2 Å². The molecule has 0 aliphatic heterocycles. The Hall–Kier alpha value is -2.01. The van der Waals surface area contributed by atoms with Gasteiger partial charge in [0.25, 0.3) is 5.91 Å². The van der Waals surface area contributed by atoms with Gasteiger partial charge in [-0.15, -0.1) is 0 Å². The number of rotatable bonds is 5. The van der Waals surface area contributed by atoms with Gasteiger partial charge in [0, 0.05) is 15.8 Å². The lowest BCUT2D eigenvalue weighted by atomic mass is 10.1. The Morgan fingerprint density at radius 2 is 1.95 bits per heavy atom. The predicted molar refractivity (Wildman–Crippen MR) is 88.7 cm³/mol. The van der Waals surface area contributed by atoms with E-state index >= 15 is 0 Å². The van der Waals surface area contributed by atoms with Crippen molar-refractivity contribution >= 4 is 33.2 Å². The Balaban J connectivity index is 2.05. The summed E-state index contributed by atoms with van der Waals surface area (Å²) in [6.45, 7) is 2.73. The first-order valence-corrected chi connectivity index (χ1v) is 7.48. The van der Waals surface area contributed by atoms with Gasteiger partial charge in [0.2, 0.25) is 0 Å². The van der Waals surface area contributed by atoms with Crippen LogP contribution in [0.25, 0.3) is 0 Å². The van der Waals surface area contributed by atoms with Crippen LogP contribution in [-0.4, -0.2) is 12.5 Å². The van der Waals surface area contributed by atoms with Crippen molar-refractivity contribution in [2.45, 2.75) is 13.3 Å². The average molecular weight is 349 g/mol. The van der Waals surface area contributed by atoms with E-state index in [0.717, 1.165) is 16.6 Å². The summed E-state index contributed by atoms with van der Waals surface area (Å²) in [6.07, 6.45) is 0.960. The zero-order valence-corrected chi connectivity index (χ0v) is 13.3. The quantitative estimate of drug-likeness (QED) is 0.800. The Morgan fingerprint density at radius 3 is 2.57 bits per heavy atom.